The van der Waals surface area contributed by atoms with Crippen molar-refractivity contribution < 1.29 is 23.0 Å². The van der Waals surface area contributed by atoms with Crippen LogP contribution in [-0.2, 0) is 11.2 Å². The number of hydrogen-bond acceptors (Lipinski definition) is 3. The molecule has 1 atom stereocenters. The molecule has 0 bridgehead atoms. The molecule has 3 rings (SSSR count). The molecule has 4 nitrogen and oxygen atoms in total. The summed E-state index contributed by atoms with van der Waals surface area (Å²) in [5.41, 5.74) is 1.52. The van der Waals surface area contributed by atoms with Crippen LogP contribution in [0, 0.1) is 11.6 Å². The lowest BCUT2D eigenvalue weighted by Crippen LogP contribution is -2.09. The lowest BCUT2D eigenvalue weighted by molar-refractivity contribution is -0.111. The molecule has 1 aliphatic rings. The molecule has 0 aromatic heterocycles. The van der Waals surface area contributed by atoms with E-state index < -0.39 is 17.5 Å². The zero-order chi connectivity index (χ0) is 18.7. The van der Waals surface area contributed by atoms with Crippen LogP contribution < -0.4 is 14.8 Å². The average Bonchev–Trinajstić information content (AvgIpc) is 2.95. The van der Waals surface area contributed by atoms with Crippen molar-refractivity contribution in [3.8, 4) is 11.5 Å². The minimum absolute atomic E-state index is 0.0953. The Kier molecular flexibility index (Phi) is 5.21. The van der Waals surface area contributed by atoms with E-state index in [2.05, 4.69) is 5.32 Å². The molecule has 136 valence electrons. The van der Waals surface area contributed by atoms with Crippen molar-refractivity contribution in [1.29, 1.82) is 0 Å². The molecule has 2 aromatic carbocycles. The molecule has 0 saturated carbocycles. The number of ether oxygens (including phenoxy) is 2. The van der Waals surface area contributed by atoms with Gasteiger partial charge in [-0.3, -0.25) is 4.79 Å². The Labute approximate surface area is 150 Å². The summed E-state index contributed by atoms with van der Waals surface area (Å²) in [6.45, 7) is 4.34. The van der Waals surface area contributed by atoms with E-state index in [0.29, 0.717) is 17.9 Å². The summed E-state index contributed by atoms with van der Waals surface area (Å²) in [6, 6.07) is 6.60. The molecule has 6 heteroatoms. The van der Waals surface area contributed by atoms with Gasteiger partial charge in [0.15, 0.2) is 0 Å². The zero-order valence-electron chi connectivity index (χ0n) is 14.5. The number of amides is 1. The first kappa shape index (κ1) is 17.9. The molecular weight excluding hydrogens is 340 g/mol. The second-order valence-corrected chi connectivity index (χ2v) is 6.01. The highest BCUT2D eigenvalue weighted by Gasteiger charge is 2.21. The van der Waals surface area contributed by atoms with E-state index in [0.717, 1.165) is 35.9 Å². The van der Waals surface area contributed by atoms with Gasteiger partial charge in [-0.15, -0.1) is 0 Å². The summed E-state index contributed by atoms with van der Waals surface area (Å²) in [7, 11) is 0. The Morgan fingerprint density at radius 3 is 2.92 bits per heavy atom. The van der Waals surface area contributed by atoms with Crippen molar-refractivity contribution in [2.45, 2.75) is 26.4 Å². The third-order valence-corrected chi connectivity index (χ3v) is 3.93. The van der Waals surface area contributed by atoms with E-state index >= 15 is 0 Å². The smallest absolute Gasteiger partial charge is 0.248 e. The van der Waals surface area contributed by atoms with Crippen LogP contribution >= 0.6 is 0 Å². The van der Waals surface area contributed by atoms with Gasteiger partial charge >= 0.3 is 0 Å². The molecule has 0 saturated heterocycles. The number of rotatable bonds is 5. The predicted octanol–water partition coefficient (Wildman–Crippen LogP) is 4.34. The van der Waals surface area contributed by atoms with Gasteiger partial charge in [0.05, 0.1) is 12.3 Å². The molecule has 0 spiro atoms. The monoisotopic (exact) mass is 359 g/mol. The van der Waals surface area contributed by atoms with Crippen molar-refractivity contribution in [3.63, 3.8) is 0 Å². The van der Waals surface area contributed by atoms with Crippen LogP contribution in [-0.4, -0.2) is 18.6 Å². The van der Waals surface area contributed by atoms with Crippen LogP contribution in [0.2, 0.25) is 0 Å². The fourth-order valence-electron chi connectivity index (χ4n) is 2.80. The Morgan fingerprint density at radius 2 is 2.15 bits per heavy atom. The molecule has 0 radical (unpaired) electrons. The molecule has 1 amide bonds. The van der Waals surface area contributed by atoms with Crippen molar-refractivity contribution in [2.75, 3.05) is 11.9 Å². The van der Waals surface area contributed by atoms with Gasteiger partial charge in [-0.2, -0.15) is 0 Å². The quantitative estimate of drug-likeness (QED) is 0.808. The maximum Gasteiger partial charge on any atom is 0.248 e. The summed E-state index contributed by atoms with van der Waals surface area (Å²) in [5, 5.41) is 2.32. The molecule has 1 heterocycles. The van der Waals surface area contributed by atoms with E-state index in [1.807, 2.05) is 26.0 Å². The highest BCUT2D eigenvalue weighted by atomic mass is 19.1. The molecule has 0 aliphatic carbocycles. The SMILES string of the molecule is CCOc1cc2c(cc1/C=C/C(=O)Nc1cc(F)ccc1F)O[C@H](C)C2. The molecule has 1 aliphatic heterocycles. The molecule has 26 heavy (non-hydrogen) atoms. The van der Waals surface area contributed by atoms with Gasteiger partial charge < -0.3 is 14.8 Å². The van der Waals surface area contributed by atoms with Gasteiger partial charge in [0.1, 0.15) is 29.2 Å². The average molecular weight is 359 g/mol. The summed E-state index contributed by atoms with van der Waals surface area (Å²) >= 11 is 0. The van der Waals surface area contributed by atoms with Crippen LogP contribution in [0.5, 0.6) is 11.5 Å². The van der Waals surface area contributed by atoms with E-state index in [9.17, 15) is 13.6 Å². The summed E-state index contributed by atoms with van der Waals surface area (Å²) in [6.07, 6.45) is 3.70. The highest BCUT2D eigenvalue weighted by molar-refractivity contribution is 6.02. The normalized spacial score (nSPS) is 15.6. The Balaban J connectivity index is 1.80. The molecule has 0 unspecified atom stereocenters. The van der Waals surface area contributed by atoms with Gasteiger partial charge in [0.25, 0.3) is 0 Å². The Morgan fingerprint density at radius 1 is 1.35 bits per heavy atom. The molecule has 1 N–H and O–H groups in total. The van der Waals surface area contributed by atoms with Gasteiger partial charge in [-0.1, -0.05) is 0 Å². The first-order valence-electron chi connectivity index (χ1n) is 8.36. The van der Waals surface area contributed by atoms with Gasteiger partial charge in [-0.05, 0) is 44.2 Å². The van der Waals surface area contributed by atoms with E-state index in [-0.39, 0.29) is 11.8 Å². The van der Waals surface area contributed by atoms with Gasteiger partial charge in [0.2, 0.25) is 5.91 Å². The molecule has 2 aromatic rings. The summed E-state index contributed by atoms with van der Waals surface area (Å²) < 4.78 is 38.1. The van der Waals surface area contributed by atoms with Crippen molar-refractivity contribution in [3.05, 3.63) is 59.2 Å². The standard InChI is InChI=1S/C20H19F2NO3/c1-3-25-18-10-14-8-12(2)26-19(14)9-13(18)4-7-20(24)23-17-11-15(21)5-6-16(17)22/h4-7,9-12H,3,8H2,1-2H3,(H,23,24)/b7-4+/t12-/m1/s1. The number of carbonyl (C=O) groups is 1. The highest BCUT2D eigenvalue weighted by Crippen LogP contribution is 2.35. The number of anilines is 1. The van der Waals surface area contributed by atoms with E-state index in [1.54, 1.807) is 6.08 Å². The summed E-state index contributed by atoms with van der Waals surface area (Å²) in [4.78, 5) is 12.0. The number of fused-ring (bicyclic) bond motifs is 1. The Hall–Kier alpha value is -2.89. The number of nitrogens with one attached hydrogen (secondary N) is 1. The van der Waals surface area contributed by atoms with Crippen LogP contribution in [0.1, 0.15) is 25.0 Å². The van der Waals surface area contributed by atoms with Crippen molar-refractivity contribution in [1.82, 2.24) is 0 Å². The van der Waals surface area contributed by atoms with E-state index in [1.165, 1.54) is 6.08 Å². The fraction of sp³-hybridized carbons (Fsp3) is 0.250. The first-order chi connectivity index (χ1) is 12.5. The predicted molar refractivity (Wildman–Crippen MR) is 95.4 cm³/mol. The van der Waals surface area contributed by atoms with Crippen molar-refractivity contribution >= 4 is 17.7 Å². The van der Waals surface area contributed by atoms with Crippen molar-refractivity contribution in [2.24, 2.45) is 0 Å². The van der Waals surface area contributed by atoms with Crippen LogP contribution in [0.3, 0.4) is 0 Å². The first-order valence-corrected chi connectivity index (χ1v) is 8.36. The number of benzene rings is 2. The third kappa shape index (κ3) is 4.02. The van der Waals surface area contributed by atoms with Gasteiger partial charge in [-0.25, -0.2) is 8.78 Å². The van der Waals surface area contributed by atoms with Crippen LogP contribution in [0.25, 0.3) is 6.08 Å². The van der Waals surface area contributed by atoms with E-state index in [4.69, 9.17) is 9.47 Å². The van der Waals surface area contributed by atoms with Crippen LogP contribution in [0.15, 0.2) is 36.4 Å². The second-order valence-electron chi connectivity index (χ2n) is 6.01. The van der Waals surface area contributed by atoms with Gasteiger partial charge in [0, 0.05) is 29.7 Å². The second kappa shape index (κ2) is 7.56. The lowest BCUT2D eigenvalue weighted by Gasteiger charge is -2.10. The zero-order valence-corrected chi connectivity index (χ0v) is 14.5. The summed E-state index contributed by atoms with van der Waals surface area (Å²) in [5.74, 6) is -0.508. The maximum absolute atomic E-state index is 13.6. The largest absolute Gasteiger partial charge is 0.493 e. The number of hydrogen-bond donors (Lipinski definition) is 1. The maximum atomic E-state index is 13.6. The minimum atomic E-state index is -0.705. The number of carbonyl (C=O) groups excluding carboxylic acids is 1. The lowest BCUT2D eigenvalue weighted by atomic mass is 10.1. The Bertz CT molecular complexity index is 864. The minimum Gasteiger partial charge on any atom is -0.493 e. The number of halogens is 2. The molecule has 0 fully saturated rings. The third-order valence-electron chi connectivity index (χ3n) is 3.93. The molecular formula is C20H19F2NO3. The topological polar surface area (TPSA) is 47.6 Å². The van der Waals surface area contributed by atoms with Crippen LogP contribution in [0.4, 0.5) is 14.5 Å². The fourth-order valence-corrected chi connectivity index (χ4v) is 2.80.